The lowest BCUT2D eigenvalue weighted by atomic mass is 10.1. The lowest BCUT2D eigenvalue weighted by molar-refractivity contribution is -0.00542. The maximum absolute atomic E-state index is 15.7. The molecular formula is C24H23FN2O4S. The molecule has 2 fully saturated rings. The summed E-state index contributed by atoms with van der Waals surface area (Å²) in [5.41, 5.74) is 2.04. The Balaban J connectivity index is 1.53. The van der Waals surface area contributed by atoms with E-state index in [0.717, 1.165) is 5.56 Å². The van der Waals surface area contributed by atoms with Crippen LogP contribution in [0.25, 0.3) is 11.0 Å². The molecule has 2 aromatic carbocycles. The van der Waals surface area contributed by atoms with Crippen molar-refractivity contribution in [3.05, 3.63) is 59.6 Å². The fraction of sp³-hybridized carbons (Fsp3) is 0.333. The molecule has 8 heteroatoms. The predicted molar refractivity (Wildman–Crippen MR) is 123 cm³/mol. The van der Waals surface area contributed by atoms with Crippen molar-refractivity contribution < 1.29 is 23.1 Å². The molecule has 166 valence electrons. The average Bonchev–Trinajstić information content (AvgIpc) is 3.36. The molecule has 3 heterocycles. The average molecular weight is 455 g/mol. The van der Waals surface area contributed by atoms with Crippen LogP contribution >= 0.6 is 11.8 Å². The molecule has 32 heavy (non-hydrogen) atoms. The van der Waals surface area contributed by atoms with E-state index in [4.69, 9.17) is 9.15 Å². The Morgan fingerprint density at radius 3 is 2.53 bits per heavy atom. The van der Waals surface area contributed by atoms with Gasteiger partial charge in [-0.25, -0.2) is 4.39 Å². The number of halogens is 1. The number of morpholine rings is 1. The molecule has 0 spiro atoms. The van der Waals surface area contributed by atoms with Gasteiger partial charge < -0.3 is 14.1 Å². The van der Waals surface area contributed by atoms with E-state index in [1.54, 1.807) is 11.0 Å². The van der Waals surface area contributed by atoms with Gasteiger partial charge in [0.25, 0.3) is 5.24 Å². The van der Waals surface area contributed by atoms with Crippen LogP contribution in [0.2, 0.25) is 0 Å². The van der Waals surface area contributed by atoms with Crippen molar-refractivity contribution in [3.63, 3.8) is 0 Å². The number of nitrogens with zero attached hydrogens (tertiary/aromatic N) is 2. The highest BCUT2D eigenvalue weighted by molar-refractivity contribution is 8.14. The minimum atomic E-state index is -0.587. The number of carbonyl (C=O) groups is 2. The lowest BCUT2D eigenvalue weighted by Gasteiger charge is -2.37. The summed E-state index contributed by atoms with van der Waals surface area (Å²) in [6.07, 6.45) is 1.89. The Hall–Kier alpha value is -2.84. The summed E-state index contributed by atoms with van der Waals surface area (Å²) >= 11 is 1.23. The van der Waals surface area contributed by atoms with Gasteiger partial charge in [0.15, 0.2) is 17.7 Å². The van der Waals surface area contributed by atoms with Crippen molar-refractivity contribution >= 4 is 45.6 Å². The Kier molecular flexibility index (Phi) is 5.43. The fourth-order valence-corrected chi connectivity index (χ4v) is 5.67. The van der Waals surface area contributed by atoms with Gasteiger partial charge in [-0.2, -0.15) is 0 Å². The van der Waals surface area contributed by atoms with Gasteiger partial charge in [-0.05, 0) is 25.5 Å². The molecule has 3 aromatic rings. The summed E-state index contributed by atoms with van der Waals surface area (Å²) in [4.78, 5) is 28.2. The topological polar surface area (TPSA) is 63.0 Å². The van der Waals surface area contributed by atoms with Crippen LogP contribution < -0.4 is 9.80 Å². The zero-order valence-electron chi connectivity index (χ0n) is 17.8. The molecule has 0 N–H and O–H groups in total. The Morgan fingerprint density at radius 1 is 1.12 bits per heavy atom. The van der Waals surface area contributed by atoms with Crippen molar-refractivity contribution in [1.29, 1.82) is 0 Å². The van der Waals surface area contributed by atoms with E-state index in [1.807, 2.05) is 49.1 Å². The van der Waals surface area contributed by atoms with Crippen molar-refractivity contribution in [3.8, 4) is 0 Å². The Morgan fingerprint density at radius 2 is 1.84 bits per heavy atom. The molecule has 1 amide bonds. The normalized spacial score (nSPS) is 23.8. The highest BCUT2D eigenvalue weighted by Crippen LogP contribution is 2.44. The first-order chi connectivity index (χ1) is 15.5. The number of rotatable bonds is 4. The quantitative estimate of drug-likeness (QED) is 0.491. The third-order valence-corrected chi connectivity index (χ3v) is 7.05. The maximum Gasteiger partial charge on any atom is 0.286 e. The second-order valence-electron chi connectivity index (χ2n) is 8.30. The van der Waals surface area contributed by atoms with E-state index in [1.165, 1.54) is 18.0 Å². The number of anilines is 2. The Labute approximate surface area is 189 Å². The second-order valence-corrected chi connectivity index (χ2v) is 9.45. The molecule has 0 aliphatic carbocycles. The van der Waals surface area contributed by atoms with Crippen LogP contribution in [0.4, 0.5) is 20.6 Å². The molecule has 0 saturated carbocycles. The second kappa shape index (κ2) is 8.26. The number of benzene rings is 2. The van der Waals surface area contributed by atoms with Gasteiger partial charge in [-0.1, -0.05) is 42.1 Å². The first kappa shape index (κ1) is 21.0. The van der Waals surface area contributed by atoms with Gasteiger partial charge in [0, 0.05) is 30.6 Å². The van der Waals surface area contributed by atoms with Crippen molar-refractivity contribution in [2.24, 2.45) is 0 Å². The zero-order valence-corrected chi connectivity index (χ0v) is 18.6. The fourth-order valence-electron chi connectivity index (χ4n) is 4.61. The Bertz CT molecular complexity index is 1170. The van der Waals surface area contributed by atoms with E-state index >= 15 is 4.39 Å². The number of carbonyl (C=O) groups excluding carboxylic acids is 2. The number of amides is 1. The first-order valence-electron chi connectivity index (χ1n) is 10.6. The molecule has 3 atom stereocenters. The van der Waals surface area contributed by atoms with E-state index in [0.29, 0.717) is 37.0 Å². The molecule has 0 unspecified atom stereocenters. The van der Waals surface area contributed by atoms with Gasteiger partial charge in [0.1, 0.15) is 6.26 Å². The molecular weight excluding hydrogens is 431 g/mol. The molecule has 5 rings (SSSR count). The molecule has 0 bridgehead atoms. The van der Waals surface area contributed by atoms with Gasteiger partial charge >= 0.3 is 0 Å². The van der Waals surface area contributed by atoms with Crippen LogP contribution in [-0.4, -0.2) is 43.4 Å². The largest absolute Gasteiger partial charge is 0.459 e. The van der Waals surface area contributed by atoms with Crippen LogP contribution in [-0.2, 0) is 4.74 Å². The molecule has 1 aromatic heterocycles. The lowest BCUT2D eigenvalue weighted by Crippen LogP contribution is -2.46. The van der Waals surface area contributed by atoms with Gasteiger partial charge in [0.2, 0.25) is 0 Å². The standard InChI is InChI=1S/C24H23FN2O4S/c1-14-9-26(10-15(2)31-14)22-17(12-28)8-18-19(13-30-23(18)21(22)25)27-11-20(32-24(27)29)16-6-4-3-5-7-16/h3-8,12-15,20H,9-11H2,1-2H3/t14-,15-,20-/m1/s1. The van der Waals surface area contributed by atoms with E-state index in [-0.39, 0.29) is 39.5 Å². The summed E-state index contributed by atoms with van der Waals surface area (Å²) in [5.74, 6) is -0.587. The highest BCUT2D eigenvalue weighted by Gasteiger charge is 2.35. The summed E-state index contributed by atoms with van der Waals surface area (Å²) in [7, 11) is 0. The minimum absolute atomic E-state index is 0.0281. The molecule has 0 radical (unpaired) electrons. The number of thioether (sulfide) groups is 1. The molecule has 2 aliphatic rings. The third-order valence-electron chi connectivity index (χ3n) is 5.93. The first-order valence-corrected chi connectivity index (χ1v) is 11.5. The SMILES string of the molecule is C[C@@H]1CN(c2c(C=O)cc3c(N4C[C@H](c5ccccc5)SC4=O)coc3c2F)C[C@@H](C)O1. The number of hydrogen-bond donors (Lipinski definition) is 0. The van der Waals surface area contributed by atoms with Crippen molar-refractivity contribution in [1.82, 2.24) is 0 Å². The van der Waals surface area contributed by atoms with Gasteiger partial charge in [-0.15, -0.1) is 0 Å². The van der Waals surface area contributed by atoms with Crippen LogP contribution in [0.1, 0.15) is 35.0 Å². The van der Waals surface area contributed by atoms with Crippen LogP contribution in [0.3, 0.4) is 0 Å². The van der Waals surface area contributed by atoms with Crippen LogP contribution in [0.5, 0.6) is 0 Å². The number of hydrogen-bond acceptors (Lipinski definition) is 6. The molecule has 2 saturated heterocycles. The van der Waals surface area contributed by atoms with E-state index in [2.05, 4.69) is 0 Å². The number of furan rings is 1. The maximum atomic E-state index is 15.7. The van der Waals surface area contributed by atoms with Crippen molar-refractivity contribution in [2.45, 2.75) is 31.3 Å². The van der Waals surface area contributed by atoms with Gasteiger partial charge in [-0.3, -0.25) is 14.5 Å². The van der Waals surface area contributed by atoms with E-state index < -0.39 is 5.82 Å². The number of ether oxygens (including phenoxy) is 1. The summed E-state index contributed by atoms with van der Waals surface area (Å²) in [5, 5.41) is 0.263. The number of aldehydes is 1. The third kappa shape index (κ3) is 3.57. The zero-order chi connectivity index (χ0) is 22.4. The van der Waals surface area contributed by atoms with E-state index in [9.17, 15) is 9.59 Å². The van der Waals surface area contributed by atoms with Crippen LogP contribution in [0.15, 0.2) is 47.1 Å². The summed E-state index contributed by atoms with van der Waals surface area (Å²) in [6.45, 7) is 5.23. The summed E-state index contributed by atoms with van der Waals surface area (Å²) in [6, 6.07) is 11.4. The van der Waals surface area contributed by atoms with Gasteiger partial charge in [0.05, 0.1) is 28.8 Å². The highest BCUT2D eigenvalue weighted by atomic mass is 32.2. The minimum Gasteiger partial charge on any atom is -0.459 e. The van der Waals surface area contributed by atoms with Crippen molar-refractivity contribution in [2.75, 3.05) is 29.4 Å². The molecule has 6 nitrogen and oxygen atoms in total. The predicted octanol–water partition coefficient (Wildman–Crippen LogP) is 5.41. The monoisotopic (exact) mass is 454 g/mol. The summed E-state index contributed by atoms with van der Waals surface area (Å²) < 4.78 is 27.0. The molecule has 2 aliphatic heterocycles. The number of fused-ring (bicyclic) bond motifs is 1. The van der Waals surface area contributed by atoms with Crippen LogP contribution in [0, 0.1) is 5.82 Å². The smallest absolute Gasteiger partial charge is 0.286 e.